The number of halogens is 2. The second-order valence-electron chi connectivity index (χ2n) is 6.92. The summed E-state index contributed by atoms with van der Waals surface area (Å²) in [6.07, 6.45) is 0. The van der Waals surface area contributed by atoms with Crippen molar-refractivity contribution in [2.24, 2.45) is 0 Å². The van der Waals surface area contributed by atoms with Crippen molar-refractivity contribution in [2.45, 2.75) is 41.5 Å². The molecule has 0 fully saturated rings. The maximum absolute atomic E-state index is 12.4. The van der Waals surface area contributed by atoms with Gasteiger partial charge in [0.05, 0.1) is 18.9 Å². The molecule has 12 heteroatoms. The number of aromatic nitrogens is 2. The van der Waals surface area contributed by atoms with Crippen LogP contribution in [0.1, 0.15) is 41.5 Å². The van der Waals surface area contributed by atoms with Crippen LogP contribution in [0.4, 0.5) is 10.3 Å². The monoisotopic (exact) mass is 560 g/mol. The zero-order valence-electron chi connectivity index (χ0n) is 18.9. The summed E-state index contributed by atoms with van der Waals surface area (Å²) in [7, 11) is 0. The third kappa shape index (κ3) is 4.38. The number of hydrogen-bond donors (Lipinski definition) is 0. The second kappa shape index (κ2) is 10.3. The summed E-state index contributed by atoms with van der Waals surface area (Å²) >= 11 is 13.2. The summed E-state index contributed by atoms with van der Waals surface area (Å²) in [5.41, 5.74) is 1.30. The molecule has 0 spiro atoms. The van der Waals surface area contributed by atoms with E-state index in [2.05, 4.69) is 15.9 Å². The first-order chi connectivity index (χ1) is 15.2. The minimum atomic E-state index is -0.112. The number of carbonyl (C=O) groups excluding carboxylic acids is 2. The number of fused-ring (bicyclic) bond motifs is 2. The van der Waals surface area contributed by atoms with Crippen LogP contribution >= 0.6 is 50.2 Å². The third-order valence-electron chi connectivity index (χ3n) is 5.03. The molecule has 0 saturated carbocycles. The maximum Gasteiger partial charge on any atom is 0.240 e. The van der Waals surface area contributed by atoms with Gasteiger partial charge in [-0.1, -0.05) is 62.0 Å². The molecule has 3 aromatic rings. The molecule has 2 amide bonds. The lowest BCUT2D eigenvalue weighted by Crippen LogP contribution is -2.45. The first-order valence-electron chi connectivity index (χ1n) is 10.4. The summed E-state index contributed by atoms with van der Waals surface area (Å²) < 4.78 is 2.24. The Hall–Kier alpha value is -1.37. The summed E-state index contributed by atoms with van der Waals surface area (Å²) in [6.45, 7) is 13.7. The van der Waals surface area contributed by atoms with Crippen molar-refractivity contribution in [2.75, 3.05) is 36.2 Å². The van der Waals surface area contributed by atoms with Crippen molar-refractivity contribution < 1.29 is 9.59 Å². The molecular weight excluding hydrogens is 536 g/mol. The molecule has 8 nitrogen and oxygen atoms in total. The highest BCUT2D eigenvalue weighted by atomic mass is 79.9. The number of benzene rings is 1. The summed E-state index contributed by atoms with van der Waals surface area (Å²) in [5.74, 6) is -0.225. The van der Waals surface area contributed by atoms with E-state index in [1.54, 1.807) is 10.0 Å². The van der Waals surface area contributed by atoms with E-state index in [0.717, 1.165) is 9.40 Å². The molecule has 0 aliphatic carbocycles. The largest absolute Gasteiger partial charge is 0.273 e. The Morgan fingerprint density at radius 1 is 0.812 bits per heavy atom. The van der Waals surface area contributed by atoms with Gasteiger partial charge in [0.25, 0.3) is 0 Å². The normalized spacial score (nSPS) is 11.8. The van der Waals surface area contributed by atoms with Crippen molar-refractivity contribution in [3.05, 3.63) is 9.50 Å². The maximum atomic E-state index is 12.4. The number of anilines is 2. The molecule has 0 bridgehead atoms. The first kappa shape index (κ1) is 25.3. The lowest BCUT2D eigenvalue weighted by atomic mass is 10.3. The van der Waals surface area contributed by atoms with E-state index in [0.29, 0.717) is 57.0 Å². The van der Waals surface area contributed by atoms with Gasteiger partial charge in [-0.2, -0.15) is 0 Å². The van der Waals surface area contributed by atoms with Crippen LogP contribution < -0.4 is 10.0 Å². The van der Waals surface area contributed by atoms with Gasteiger partial charge >= 0.3 is 0 Å². The van der Waals surface area contributed by atoms with Gasteiger partial charge in [0.1, 0.15) is 11.0 Å². The Morgan fingerprint density at radius 2 is 1.16 bits per heavy atom. The number of hydrogen-bond acceptors (Lipinski definition) is 8. The van der Waals surface area contributed by atoms with E-state index in [1.807, 2.05) is 37.7 Å². The third-order valence-corrected chi connectivity index (χ3v) is 8.48. The molecule has 3 rings (SSSR count). The van der Waals surface area contributed by atoms with E-state index >= 15 is 0 Å². The van der Waals surface area contributed by atoms with Gasteiger partial charge in [-0.15, -0.1) is 0 Å². The first-order valence-corrected chi connectivity index (χ1v) is 13.2. The van der Waals surface area contributed by atoms with Crippen LogP contribution in [-0.2, 0) is 9.59 Å². The van der Waals surface area contributed by atoms with Gasteiger partial charge in [0, 0.05) is 40.0 Å². The number of nitrogens with zero attached hydrogens (tertiary/aromatic N) is 6. The molecule has 0 N–H and O–H groups in total. The van der Waals surface area contributed by atoms with E-state index < -0.39 is 0 Å². The van der Waals surface area contributed by atoms with Gasteiger partial charge < -0.3 is 0 Å². The highest BCUT2D eigenvalue weighted by Crippen LogP contribution is 2.47. The molecule has 2 heterocycles. The van der Waals surface area contributed by atoms with Gasteiger partial charge in [-0.3, -0.25) is 9.59 Å². The number of amides is 2. The quantitative estimate of drug-likeness (QED) is 0.336. The van der Waals surface area contributed by atoms with Crippen LogP contribution in [0.2, 0.25) is 5.02 Å². The lowest BCUT2D eigenvalue weighted by molar-refractivity contribution is -0.120. The Kier molecular flexibility index (Phi) is 8.11. The van der Waals surface area contributed by atoms with Gasteiger partial charge in [-0.25, -0.2) is 30.0 Å². The van der Waals surface area contributed by atoms with Crippen molar-refractivity contribution in [3.8, 4) is 0 Å². The standard InChI is InChI=1S/C20H26BrClN6O2S2/c1-7-25(8-2)27(11(5)29)19-23-15-13(21)16-18(14(22)17(15)31-19)32-20(24-16)28(12(6)30)26(9-3)10-4/h7-10H2,1-6H3. The molecule has 0 aliphatic rings. The van der Waals surface area contributed by atoms with Crippen molar-refractivity contribution >= 4 is 92.7 Å². The summed E-state index contributed by atoms with van der Waals surface area (Å²) in [4.78, 5) is 34.3. The Bertz CT molecular complexity index is 1020. The van der Waals surface area contributed by atoms with Crippen LogP contribution in [0.15, 0.2) is 4.47 Å². The van der Waals surface area contributed by atoms with Gasteiger partial charge in [0.15, 0.2) is 0 Å². The van der Waals surface area contributed by atoms with E-state index in [1.165, 1.54) is 36.5 Å². The summed E-state index contributed by atoms with van der Waals surface area (Å²) in [6, 6.07) is 0. The fourth-order valence-corrected chi connectivity index (χ4v) is 7.02. The molecule has 32 heavy (non-hydrogen) atoms. The van der Waals surface area contributed by atoms with Crippen LogP contribution in [0.25, 0.3) is 20.4 Å². The number of rotatable bonds is 8. The minimum absolute atomic E-state index is 0.112. The van der Waals surface area contributed by atoms with E-state index in [-0.39, 0.29) is 11.8 Å². The SMILES string of the molecule is CCN(CC)N(C(C)=O)c1nc2c(Br)c3nc(N(C(C)=O)N(CC)CC)sc3c(Cl)c2s1. The van der Waals surface area contributed by atoms with Crippen molar-refractivity contribution in [1.29, 1.82) is 0 Å². The smallest absolute Gasteiger partial charge is 0.240 e. The molecule has 1 aromatic carbocycles. The molecule has 2 aromatic heterocycles. The highest BCUT2D eigenvalue weighted by Gasteiger charge is 2.28. The number of hydrazine groups is 2. The van der Waals surface area contributed by atoms with Crippen LogP contribution in [0.3, 0.4) is 0 Å². The molecule has 0 radical (unpaired) electrons. The van der Waals surface area contributed by atoms with Crippen molar-refractivity contribution in [1.82, 2.24) is 20.0 Å². The molecular formula is C20H26BrClN6O2S2. The fraction of sp³-hybridized carbons (Fsp3) is 0.500. The fourth-order valence-electron chi connectivity index (χ4n) is 3.53. The topological polar surface area (TPSA) is 72.9 Å². The number of thiazole rings is 2. The number of carbonyl (C=O) groups is 2. The van der Waals surface area contributed by atoms with Gasteiger partial charge in [-0.05, 0) is 15.9 Å². The van der Waals surface area contributed by atoms with Gasteiger partial charge in [0.2, 0.25) is 22.1 Å². The molecule has 0 atom stereocenters. The Balaban J connectivity index is 2.21. The molecule has 0 unspecified atom stereocenters. The highest BCUT2D eigenvalue weighted by molar-refractivity contribution is 9.10. The van der Waals surface area contributed by atoms with Crippen LogP contribution in [0, 0.1) is 0 Å². The van der Waals surface area contributed by atoms with E-state index in [4.69, 9.17) is 21.6 Å². The zero-order chi connectivity index (χ0) is 23.7. The second-order valence-corrected chi connectivity index (χ2v) is 10.0. The van der Waals surface area contributed by atoms with Crippen LogP contribution in [-0.4, -0.2) is 58.0 Å². The lowest BCUT2D eigenvalue weighted by Gasteiger charge is -2.30. The average molecular weight is 562 g/mol. The predicted octanol–water partition coefficient (Wildman–Crippen LogP) is 5.54. The molecule has 174 valence electrons. The Labute approximate surface area is 208 Å². The predicted molar refractivity (Wildman–Crippen MR) is 138 cm³/mol. The molecule has 0 aliphatic heterocycles. The summed E-state index contributed by atoms with van der Waals surface area (Å²) in [5, 5.41) is 8.69. The average Bonchev–Trinajstić information content (AvgIpc) is 3.38. The Morgan fingerprint density at radius 3 is 1.44 bits per heavy atom. The zero-order valence-corrected chi connectivity index (χ0v) is 22.9. The molecule has 0 saturated heterocycles. The van der Waals surface area contributed by atoms with E-state index in [9.17, 15) is 9.59 Å². The van der Waals surface area contributed by atoms with Crippen molar-refractivity contribution in [3.63, 3.8) is 0 Å². The van der Waals surface area contributed by atoms with Crippen LogP contribution in [0.5, 0.6) is 0 Å². The minimum Gasteiger partial charge on any atom is -0.273 e.